The fraction of sp³-hybridized carbons (Fsp3) is 0.455. The Bertz CT molecular complexity index is 653. The average Bonchev–Trinajstić information content (AvgIpc) is 2.67. The molecule has 23 heavy (non-hydrogen) atoms. The molecule has 1 aromatic rings. The second-order valence-corrected chi connectivity index (χ2v) is 7.52. The lowest BCUT2D eigenvalue weighted by atomic mass is 10.1. The van der Waals surface area contributed by atoms with Crippen molar-refractivity contribution < 1.29 is 38.1 Å². The van der Waals surface area contributed by atoms with E-state index in [1.165, 1.54) is 29.1 Å². The zero-order valence-electron chi connectivity index (χ0n) is 11.5. The maximum Gasteiger partial charge on any atom is 0.469 e. The zero-order chi connectivity index (χ0) is 17.4. The van der Waals surface area contributed by atoms with E-state index in [0.29, 0.717) is 0 Å². The van der Waals surface area contributed by atoms with Crippen LogP contribution in [0.2, 0.25) is 0 Å². The number of halogens is 2. The summed E-state index contributed by atoms with van der Waals surface area (Å²) >= 11 is 12.2. The number of carbonyl (C=O) groups is 1. The number of ether oxygens (including phenoxy) is 1. The number of hydrogen-bond acceptors (Lipinski definition) is 5. The number of phosphoric ester groups is 1. The van der Waals surface area contributed by atoms with Gasteiger partial charge in [0, 0.05) is 6.07 Å². The summed E-state index contributed by atoms with van der Waals surface area (Å²) in [5.74, 6) is -0.686. The number of nitrogens with zero attached hydrogens (tertiary/aromatic N) is 1. The fourth-order valence-corrected chi connectivity index (χ4v) is 3.03. The van der Waals surface area contributed by atoms with Gasteiger partial charge >= 0.3 is 7.82 Å². The molecular weight excluding hydrogens is 374 g/mol. The molecule has 1 fully saturated rings. The van der Waals surface area contributed by atoms with Crippen LogP contribution < -0.4 is 10.3 Å². The molecule has 3 atom stereocenters. The molecule has 0 radical (unpaired) electrons. The number of aliphatic hydroxyl groups is 1. The summed E-state index contributed by atoms with van der Waals surface area (Å²) < 4.78 is 20.0. The van der Waals surface area contributed by atoms with Crippen LogP contribution in [0.25, 0.3) is 0 Å². The van der Waals surface area contributed by atoms with Crippen LogP contribution >= 0.6 is 31.0 Å². The number of pyridine rings is 1. The van der Waals surface area contributed by atoms with E-state index in [9.17, 15) is 14.5 Å². The molecule has 1 saturated heterocycles. The van der Waals surface area contributed by atoms with E-state index >= 15 is 0 Å². The Kier molecular flexibility index (Phi) is 5.34. The van der Waals surface area contributed by atoms with Gasteiger partial charge in [-0.15, -0.1) is 0 Å². The number of nitrogens with two attached hydrogens (primary N) is 1. The van der Waals surface area contributed by atoms with Crippen LogP contribution in [-0.4, -0.2) is 43.9 Å². The third-order valence-electron chi connectivity index (χ3n) is 3.16. The van der Waals surface area contributed by atoms with E-state index in [1.807, 2.05) is 0 Å². The minimum absolute atomic E-state index is 0.157. The summed E-state index contributed by atoms with van der Waals surface area (Å²) in [7, 11) is -4.74. The highest BCUT2D eigenvalue weighted by atomic mass is 35.5. The summed E-state index contributed by atoms with van der Waals surface area (Å²) in [6, 6.07) is 2.96. The van der Waals surface area contributed by atoms with Crippen LogP contribution in [0.5, 0.6) is 0 Å². The lowest BCUT2D eigenvalue weighted by Crippen LogP contribution is -2.49. The van der Waals surface area contributed by atoms with Gasteiger partial charge in [0.15, 0.2) is 12.4 Å². The van der Waals surface area contributed by atoms with Crippen LogP contribution in [0.1, 0.15) is 16.6 Å². The maximum atomic E-state index is 11.2. The number of amides is 1. The molecule has 0 aliphatic carbocycles. The van der Waals surface area contributed by atoms with E-state index < -0.39 is 43.1 Å². The maximum absolute atomic E-state index is 11.2. The molecule has 0 unspecified atom stereocenters. The monoisotopic (exact) mass is 387 g/mol. The third-order valence-corrected chi connectivity index (χ3v) is 4.47. The van der Waals surface area contributed by atoms with Crippen molar-refractivity contribution >= 4 is 36.9 Å². The quantitative estimate of drug-likeness (QED) is 0.306. The number of carbonyl (C=O) groups excluding carboxylic acids is 1. The highest BCUT2D eigenvalue weighted by Gasteiger charge is 2.60. The summed E-state index contributed by atoms with van der Waals surface area (Å²) in [6.07, 6.45) is -1.01. The molecule has 0 aromatic carbocycles. The van der Waals surface area contributed by atoms with Gasteiger partial charge in [0.25, 0.3) is 12.1 Å². The second kappa shape index (κ2) is 6.62. The molecule has 0 bridgehead atoms. The molecule has 0 spiro atoms. The molecule has 2 rings (SSSR count). The lowest BCUT2D eigenvalue weighted by Gasteiger charge is -2.19. The van der Waals surface area contributed by atoms with Crippen molar-refractivity contribution in [3.8, 4) is 0 Å². The minimum Gasteiger partial charge on any atom is -0.387 e. The molecule has 1 aliphatic rings. The third kappa shape index (κ3) is 4.20. The lowest BCUT2D eigenvalue weighted by molar-refractivity contribution is -0.760. The minimum atomic E-state index is -4.74. The number of aliphatic hydroxyl groups excluding tert-OH is 1. The Hall–Kier alpha value is -0.770. The average molecular weight is 388 g/mol. The molecule has 2 heterocycles. The van der Waals surface area contributed by atoms with Gasteiger partial charge in [0.2, 0.25) is 4.33 Å². The normalized spacial score (nSPS) is 27.1. The van der Waals surface area contributed by atoms with Crippen molar-refractivity contribution in [1.82, 2.24) is 0 Å². The van der Waals surface area contributed by atoms with Gasteiger partial charge in [0.1, 0.15) is 17.8 Å². The molecule has 1 amide bonds. The van der Waals surface area contributed by atoms with Crippen molar-refractivity contribution in [2.75, 3.05) is 6.61 Å². The van der Waals surface area contributed by atoms with Gasteiger partial charge in [0.05, 0.1) is 6.61 Å². The Morgan fingerprint density at radius 2 is 2.17 bits per heavy atom. The molecule has 1 aromatic heterocycles. The van der Waals surface area contributed by atoms with Crippen LogP contribution in [-0.2, 0) is 13.8 Å². The van der Waals surface area contributed by atoms with Crippen LogP contribution in [0.4, 0.5) is 0 Å². The summed E-state index contributed by atoms with van der Waals surface area (Å²) in [5.41, 5.74) is 5.34. The van der Waals surface area contributed by atoms with E-state index in [-0.39, 0.29) is 5.56 Å². The summed E-state index contributed by atoms with van der Waals surface area (Å²) in [5, 5.41) is 10.1. The standard InChI is InChI=1S/C11H13Cl2N2O7P/c12-11(13)8(16)7(5-21-23(18,19)20)22-10(11)15-3-1-2-6(4-15)9(14)17/h1-4,7-8,10,16H,5H2,(H3-,14,17,18,19,20)/p+1/t7-,8-,10-/m1/s1. The molecule has 128 valence electrons. The van der Waals surface area contributed by atoms with Crippen molar-refractivity contribution in [3.05, 3.63) is 30.1 Å². The topological polar surface area (TPSA) is 143 Å². The van der Waals surface area contributed by atoms with E-state index in [0.717, 1.165) is 0 Å². The first-order valence-corrected chi connectivity index (χ1v) is 8.53. The highest BCUT2D eigenvalue weighted by molar-refractivity contribution is 7.46. The van der Waals surface area contributed by atoms with Crippen LogP contribution in [0.3, 0.4) is 0 Å². The second-order valence-electron chi connectivity index (χ2n) is 4.84. The number of phosphoric acid groups is 1. The van der Waals surface area contributed by atoms with E-state index in [2.05, 4.69) is 4.52 Å². The molecule has 12 heteroatoms. The first kappa shape index (κ1) is 18.6. The first-order valence-electron chi connectivity index (χ1n) is 6.24. The van der Waals surface area contributed by atoms with Crippen LogP contribution in [0, 0.1) is 0 Å². The number of primary amides is 1. The van der Waals surface area contributed by atoms with Gasteiger partial charge < -0.3 is 25.4 Å². The van der Waals surface area contributed by atoms with Crippen LogP contribution in [0.15, 0.2) is 24.5 Å². The Balaban J connectivity index is 2.24. The number of aromatic nitrogens is 1. The zero-order valence-corrected chi connectivity index (χ0v) is 13.9. The predicted octanol–water partition coefficient (Wildman–Crippen LogP) is -0.385. The largest absolute Gasteiger partial charge is 0.469 e. The van der Waals surface area contributed by atoms with Gasteiger partial charge in [-0.25, -0.2) is 4.57 Å². The van der Waals surface area contributed by atoms with Gasteiger partial charge in [-0.2, -0.15) is 4.57 Å². The predicted molar refractivity (Wildman–Crippen MR) is 77.5 cm³/mol. The van der Waals surface area contributed by atoms with Crippen molar-refractivity contribution in [2.24, 2.45) is 5.73 Å². The van der Waals surface area contributed by atoms with E-state index in [4.69, 9.17) is 43.5 Å². The van der Waals surface area contributed by atoms with E-state index in [1.54, 1.807) is 0 Å². The molecule has 0 saturated carbocycles. The smallest absolute Gasteiger partial charge is 0.387 e. The summed E-state index contributed by atoms with van der Waals surface area (Å²) in [6.45, 7) is -0.626. The van der Waals surface area contributed by atoms with Crippen molar-refractivity contribution in [1.29, 1.82) is 0 Å². The molecular formula is C11H14Cl2N2O7P+. The molecule has 9 nitrogen and oxygen atoms in total. The fourth-order valence-electron chi connectivity index (χ4n) is 2.08. The first-order chi connectivity index (χ1) is 10.5. The Morgan fingerprint density at radius 3 is 2.74 bits per heavy atom. The molecule has 1 aliphatic heterocycles. The van der Waals surface area contributed by atoms with Crippen molar-refractivity contribution in [3.63, 3.8) is 0 Å². The van der Waals surface area contributed by atoms with Gasteiger partial charge in [-0.1, -0.05) is 23.2 Å². The Labute approximate surface area is 140 Å². The Morgan fingerprint density at radius 1 is 1.52 bits per heavy atom. The number of rotatable bonds is 5. The number of hydrogen-bond donors (Lipinski definition) is 4. The van der Waals surface area contributed by atoms with Gasteiger partial charge in [-0.05, 0) is 6.07 Å². The number of alkyl halides is 2. The summed E-state index contributed by atoms with van der Waals surface area (Å²) in [4.78, 5) is 28.6. The SMILES string of the molecule is NC(=O)c1ccc[n+]([C@@H]2O[C@H](COP(=O)(O)O)[C@@H](O)C2(Cl)Cl)c1. The van der Waals surface area contributed by atoms with Crippen molar-refractivity contribution in [2.45, 2.75) is 22.8 Å². The molecule has 5 N–H and O–H groups in total. The highest BCUT2D eigenvalue weighted by Crippen LogP contribution is 2.45. The van der Waals surface area contributed by atoms with Gasteiger partial charge in [-0.3, -0.25) is 9.32 Å².